The van der Waals surface area contributed by atoms with Gasteiger partial charge in [0.1, 0.15) is 11.9 Å². The highest BCUT2D eigenvalue weighted by molar-refractivity contribution is 6.00. The summed E-state index contributed by atoms with van der Waals surface area (Å²) in [6.07, 6.45) is 1.27. The lowest BCUT2D eigenvalue weighted by Gasteiger charge is -2.16. The van der Waals surface area contributed by atoms with E-state index in [-0.39, 0.29) is 12.5 Å². The number of rotatable bonds is 7. The van der Waals surface area contributed by atoms with Gasteiger partial charge in [-0.1, -0.05) is 24.3 Å². The summed E-state index contributed by atoms with van der Waals surface area (Å²) in [6.45, 7) is 1.22. The summed E-state index contributed by atoms with van der Waals surface area (Å²) < 4.78 is 11.2. The van der Waals surface area contributed by atoms with Crippen molar-refractivity contribution in [2.45, 2.75) is 25.4 Å². The molecule has 1 aliphatic heterocycles. The van der Waals surface area contributed by atoms with Crippen molar-refractivity contribution in [3.8, 4) is 5.75 Å². The molecule has 2 aromatic carbocycles. The summed E-state index contributed by atoms with van der Waals surface area (Å²) in [5.74, 6) is -0.256. The minimum absolute atomic E-state index is 0.0121. The largest absolute Gasteiger partial charge is 0.486 e. The first-order valence-corrected chi connectivity index (χ1v) is 8.82. The van der Waals surface area contributed by atoms with Crippen LogP contribution in [0.1, 0.15) is 18.4 Å². The van der Waals surface area contributed by atoms with Gasteiger partial charge in [0.25, 0.3) is 0 Å². The predicted molar refractivity (Wildman–Crippen MR) is 101 cm³/mol. The average molecular weight is 370 g/mol. The molecule has 0 saturated carbocycles. The summed E-state index contributed by atoms with van der Waals surface area (Å²) in [7, 11) is 0. The van der Waals surface area contributed by atoms with Gasteiger partial charge in [-0.15, -0.1) is 0 Å². The smallest absolute Gasteiger partial charge is 0.323 e. The van der Waals surface area contributed by atoms with E-state index in [0.29, 0.717) is 36.8 Å². The van der Waals surface area contributed by atoms with Crippen LogP contribution in [0, 0.1) is 0 Å². The van der Waals surface area contributed by atoms with Gasteiger partial charge in [-0.2, -0.15) is 0 Å². The predicted octanol–water partition coefficient (Wildman–Crippen LogP) is 3.52. The number of carboxylic acid groups (broad SMARTS) is 1. The highest BCUT2D eigenvalue weighted by Crippen LogP contribution is 2.26. The molecule has 1 saturated heterocycles. The Morgan fingerprint density at radius 3 is 2.78 bits per heavy atom. The molecule has 1 aliphatic rings. The highest BCUT2D eigenvalue weighted by atomic mass is 16.5. The van der Waals surface area contributed by atoms with E-state index in [1.54, 1.807) is 30.3 Å². The third-order valence-corrected chi connectivity index (χ3v) is 4.13. The number of aliphatic carboxylic acids is 1. The molecule has 0 radical (unpaired) electrons. The summed E-state index contributed by atoms with van der Waals surface area (Å²) in [4.78, 5) is 23.0. The molecule has 142 valence electrons. The van der Waals surface area contributed by atoms with Gasteiger partial charge in [0.15, 0.2) is 0 Å². The van der Waals surface area contributed by atoms with Crippen LogP contribution in [-0.2, 0) is 16.0 Å². The van der Waals surface area contributed by atoms with Gasteiger partial charge in [-0.3, -0.25) is 4.79 Å². The number of carbonyl (C=O) groups is 2. The van der Waals surface area contributed by atoms with Gasteiger partial charge < -0.3 is 25.2 Å². The van der Waals surface area contributed by atoms with E-state index in [9.17, 15) is 9.59 Å². The van der Waals surface area contributed by atoms with Crippen LogP contribution in [0.5, 0.6) is 5.75 Å². The molecular formula is C20H22N2O5. The van der Waals surface area contributed by atoms with E-state index < -0.39 is 12.0 Å². The van der Waals surface area contributed by atoms with Crippen LogP contribution in [0.2, 0.25) is 0 Å². The molecule has 7 nitrogen and oxygen atoms in total. The fourth-order valence-corrected chi connectivity index (χ4v) is 2.80. The van der Waals surface area contributed by atoms with Crippen LogP contribution in [0.3, 0.4) is 0 Å². The van der Waals surface area contributed by atoms with Gasteiger partial charge in [-0.05, 0) is 36.2 Å². The monoisotopic (exact) mass is 370 g/mol. The molecule has 0 spiro atoms. The van der Waals surface area contributed by atoms with Gasteiger partial charge in [0.05, 0.1) is 18.9 Å². The molecule has 2 aromatic rings. The number of urea groups is 1. The van der Waals surface area contributed by atoms with Crippen molar-refractivity contribution in [2.75, 3.05) is 23.8 Å². The Balaban J connectivity index is 1.61. The Morgan fingerprint density at radius 1 is 1.15 bits per heavy atom. The van der Waals surface area contributed by atoms with Gasteiger partial charge in [0.2, 0.25) is 0 Å². The molecule has 0 bridgehead atoms. The molecular weight excluding hydrogens is 348 g/mol. The molecule has 3 rings (SSSR count). The van der Waals surface area contributed by atoms with Crippen LogP contribution >= 0.6 is 0 Å². The van der Waals surface area contributed by atoms with Crippen molar-refractivity contribution >= 4 is 23.4 Å². The van der Waals surface area contributed by atoms with Crippen molar-refractivity contribution < 1.29 is 24.2 Å². The second kappa shape index (κ2) is 9.05. The number of nitrogens with one attached hydrogen (secondary N) is 2. The summed E-state index contributed by atoms with van der Waals surface area (Å²) >= 11 is 0. The number of aryl methyl sites for hydroxylation is 1. The molecule has 3 N–H and O–H groups in total. The molecule has 2 amide bonds. The number of benzene rings is 2. The summed E-state index contributed by atoms with van der Waals surface area (Å²) in [6, 6.07) is 14.0. The van der Waals surface area contributed by atoms with Gasteiger partial charge in [0, 0.05) is 18.5 Å². The van der Waals surface area contributed by atoms with E-state index in [2.05, 4.69) is 10.6 Å². The first-order valence-electron chi connectivity index (χ1n) is 8.82. The molecule has 27 heavy (non-hydrogen) atoms. The second-order valence-electron chi connectivity index (χ2n) is 6.27. The van der Waals surface area contributed by atoms with Crippen LogP contribution < -0.4 is 15.4 Å². The van der Waals surface area contributed by atoms with Crippen molar-refractivity contribution in [1.82, 2.24) is 0 Å². The maximum absolute atomic E-state index is 12.4. The normalized spacial score (nSPS) is 15.9. The lowest BCUT2D eigenvalue weighted by atomic mass is 10.1. The first kappa shape index (κ1) is 18.7. The number of anilines is 2. The fraction of sp³-hybridized carbons (Fsp3) is 0.300. The maximum Gasteiger partial charge on any atom is 0.323 e. The zero-order valence-corrected chi connectivity index (χ0v) is 14.8. The number of para-hydroxylation sites is 2. The van der Waals surface area contributed by atoms with E-state index in [1.807, 2.05) is 18.2 Å². The zero-order chi connectivity index (χ0) is 19.1. The fourth-order valence-electron chi connectivity index (χ4n) is 2.80. The molecule has 1 heterocycles. The minimum atomic E-state index is -0.852. The van der Waals surface area contributed by atoms with Crippen molar-refractivity contribution in [3.05, 3.63) is 54.1 Å². The van der Waals surface area contributed by atoms with Crippen molar-refractivity contribution in [2.24, 2.45) is 0 Å². The lowest BCUT2D eigenvalue weighted by Crippen LogP contribution is -2.21. The molecule has 0 aromatic heterocycles. The maximum atomic E-state index is 12.4. The van der Waals surface area contributed by atoms with E-state index >= 15 is 0 Å². The number of amides is 2. The molecule has 1 unspecified atom stereocenters. The van der Waals surface area contributed by atoms with E-state index in [4.69, 9.17) is 14.6 Å². The van der Waals surface area contributed by atoms with Crippen LogP contribution in [0.25, 0.3) is 0 Å². The Hall–Kier alpha value is -3.06. The lowest BCUT2D eigenvalue weighted by molar-refractivity contribution is -0.136. The third-order valence-electron chi connectivity index (χ3n) is 4.13. The number of hydrogen-bond donors (Lipinski definition) is 3. The van der Waals surface area contributed by atoms with Crippen LogP contribution in [-0.4, -0.2) is 36.4 Å². The van der Waals surface area contributed by atoms with E-state index in [1.165, 1.54) is 0 Å². The Labute approximate surface area is 157 Å². The minimum Gasteiger partial charge on any atom is -0.486 e. The molecule has 1 fully saturated rings. The number of carbonyl (C=O) groups excluding carboxylic acids is 1. The molecule has 7 heteroatoms. The number of ether oxygens (including phenoxy) is 2. The average Bonchev–Trinajstić information content (AvgIpc) is 3.15. The van der Waals surface area contributed by atoms with Crippen molar-refractivity contribution in [3.63, 3.8) is 0 Å². The molecule has 0 aliphatic carbocycles. The van der Waals surface area contributed by atoms with Gasteiger partial charge in [-0.25, -0.2) is 4.79 Å². The molecule has 1 atom stereocenters. The topological polar surface area (TPSA) is 96.9 Å². The zero-order valence-electron chi connectivity index (χ0n) is 14.8. The second-order valence-corrected chi connectivity index (χ2v) is 6.27. The SMILES string of the molecule is O=C(O)CCc1cccc(NC(=O)Nc2ccccc2OC2CCOC2)c1. The first-order chi connectivity index (χ1) is 13.1. The summed E-state index contributed by atoms with van der Waals surface area (Å²) in [5, 5.41) is 14.3. The summed E-state index contributed by atoms with van der Waals surface area (Å²) in [5.41, 5.74) is 2.02. The quantitative estimate of drug-likeness (QED) is 0.693. The van der Waals surface area contributed by atoms with Gasteiger partial charge >= 0.3 is 12.0 Å². The Morgan fingerprint density at radius 2 is 2.00 bits per heavy atom. The van der Waals surface area contributed by atoms with Crippen LogP contribution in [0.4, 0.5) is 16.2 Å². The highest BCUT2D eigenvalue weighted by Gasteiger charge is 2.19. The number of carboxylic acids is 1. The Kier molecular flexibility index (Phi) is 6.27. The van der Waals surface area contributed by atoms with E-state index in [0.717, 1.165) is 12.0 Å². The van der Waals surface area contributed by atoms with Crippen LogP contribution in [0.15, 0.2) is 48.5 Å². The van der Waals surface area contributed by atoms with Crippen molar-refractivity contribution in [1.29, 1.82) is 0 Å². The third kappa shape index (κ3) is 5.72. The standard InChI is InChI=1S/C20H22N2O5/c23-19(24)9-8-14-4-3-5-15(12-14)21-20(25)22-17-6-1-2-7-18(17)27-16-10-11-26-13-16/h1-7,12,16H,8-11,13H2,(H,23,24)(H2,21,22,25). The Bertz CT molecular complexity index is 802. The number of hydrogen-bond acceptors (Lipinski definition) is 4.